The molecule has 1 fully saturated rings. The van der Waals surface area contributed by atoms with Gasteiger partial charge in [0, 0.05) is 4.88 Å². The van der Waals surface area contributed by atoms with E-state index < -0.39 is 17.4 Å². The second-order valence-electron chi connectivity index (χ2n) is 3.70. The highest BCUT2D eigenvalue weighted by molar-refractivity contribution is 7.10. The van der Waals surface area contributed by atoms with Crippen LogP contribution in [0, 0.1) is 6.92 Å². The van der Waals surface area contributed by atoms with Crippen LogP contribution in [-0.2, 0) is 19.7 Å². The lowest BCUT2D eigenvalue weighted by Gasteiger charge is -2.16. The molecule has 0 radical (unpaired) electrons. The van der Waals surface area contributed by atoms with Gasteiger partial charge in [0.15, 0.2) is 0 Å². The SMILES string of the molecule is Cc1ccsc1C1(C)CC(=O)OC1=O. The first-order chi connectivity index (χ1) is 6.54. The second-order valence-corrected chi connectivity index (χ2v) is 4.62. The molecule has 1 aliphatic rings. The highest BCUT2D eigenvalue weighted by atomic mass is 32.1. The molecule has 1 aliphatic heterocycles. The van der Waals surface area contributed by atoms with E-state index in [1.165, 1.54) is 11.3 Å². The summed E-state index contributed by atoms with van der Waals surface area (Å²) < 4.78 is 4.58. The topological polar surface area (TPSA) is 43.4 Å². The maximum Gasteiger partial charge on any atom is 0.325 e. The fraction of sp³-hybridized carbons (Fsp3) is 0.400. The fourth-order valence-corrected chi connectivity index (χ4v) is 2.80. The van der Waals surface area contributed by atoms with E-state index in [1.54, 1.807) is 6.92 Å². The standard InChI is InChI=1S/C10H10O3S/c1-6-3-4-14-8(6)10(2)5-7(11)13-9(10)12/h3-4H,5H2,1-2H3. The molecule has 74 valence electrons. The van der Waals surface area contributed by atoms with Crippen LogP contribution in [0.2, 0.25) is 0 Å². The molecular weight excluding hydrogens is 200 g/mol. The molecule has 1 atom stereocenters. The first-order valence-corrected chi connectivity index (χ1v) is 5.22. The van der Waals surface area contributed by atoms with Gasteiger partial charge in [0.05, 0.1) is 6.42 Å². The van der Waals surface area contributed by atoms with Crippen molar-refractivity contribution in [3.63, 3.8) is 0 Å². The number of hydrogen-bond acceptors (Lipinski definition) is 4. The first kappa shape index (κ1) is 9.40. The zero-order chi connectivity index (χ0) is 10.3. The number of carbonyl (C=O) groups excluding carboxylic acids is 2. The lowest BCUT2D eigenvalue weighted by molar-refractivity contribution is -0.153. The van der Waals surface area contributed by atoms with E-state index in [9.17, 15) is 9.59 Å². The van der Waals surface area contributed by atoms with Gasteiger partial charge in [-0.2, -0.15) is 0 Å². The summed E-state index contributed by atoms with van der Waals surface area (Å²) in [6, 6.07) is 1.95. The molecule has 0 aliphatic carbocycles. The van der Waals surface area contributed by atoms with Crippen molar-refractivity contribution in [3.05, 3.63) is 21.9 Å². The number of esters is 2. The zero-order valence-electron chi connectivity index (χ0n) is 7.99. The molecule has 4 heteroatoms. The van der Waals surface area contributed by atoms with E-state index in [-0.39, 0.29) is 6.42 Å². The molecule has 2 rings (SSSR count). The van der Waals surface area contributed by atoms with Crippen LogP contribution in [0.1, 0.15) is 23.8 Å². The summed E-state index contributed by atoms with van der Waals surface area (Å²) >= 11 is 1.50. The molecule has 0 aromatic carbocycles. The number of hydrogen-bond donors (Lipinski definition) is 0. The molecule has 0 amide bonds. The average Bonchev–Trinajstić information content (AvgIpc) is 2.59. The van der Waals surface area contributed by atoms with Gasteiger partial charge in [-0.15, -0.1) is 11.3 Å². The van der Waals surface area contributed by atoms with E-state index in [4.69, 9.17) is 0 Å². The van der Waals surface area contributed by atoms with Crippen molar-refractivity contribution < 1.29 is 14.3 Å². The van der Waals surface area contributed by atoms with Crippen molar-refractivity contribution in [1.29, 1.82) is 0 Å². The van der Waals surface area contributed by atoms with E-state index in [0.717, 1.165) is 10.4 Å². The quantitative estimate of drug-likeness (QED) is 0.524. The number of aryl methyl sites for hydroxylation is 1. The Bertz CT molecular complexity index is 407. The molecule has 3 nitrogen and oxygen atoms in total. The monoisotopic (exact) mass is 210 g/mol. The molecule has 1 saturated heterocycles. The lowest BCUT2D eigenvalue weighted by Crippen LogP contribution is -2.27. The van der Waals surface area contributed by atoms with Crippen LogP contribution in [0.15, 0.2) is 11.4 Å². The summed E-state index contributed by atoms with van der Waals surface area (Å²) in [5, 5.41) is 1.92. The van der Waals surface area contributed by atoms with Crippen LogP contribution in [0.4, 0.5) is 0 Å². The summed E-state index contributed by atoms with van der Waals surface area (Å²) in [5.74, 6) is -0.849. The van der Waals surface area contributed by atoms with Crippen LogP contribution < -0.4 is 0 Å². The summed E-state index contributed by atoms with van der Waals surface area (Å²) in [5.41, 5.74) is 0.291. The van der Waals surface area contributed by atoms with Crippen LogP contribution >= 0.6 is 11.3 Å². The maximum atomic E-state index is 11.5. The fourth-order valence-electron chi connectivity index (χ4n) is 1.72. The Kier molecular flexibility index (Phi) is 1.96. The van der Waals surface area contributed by atoms with Crippen LogP contribution in [0.5, 0.6) is 0 Å². The van der Waals surface area contributed by atoms with Gasteiger partial charge >= 0.3 is 11.9 Å². The molecule has 0 N–H and O–H groups in total. The molecule has 0 spiro atoms. The normalized spacial score (nSPS) is 26.7. The Balaban J connectivity index is 2.47. The molecule has 1 unspecified atom stereocenters. The predicted octanol–water partition coefficient (Wildman–Crippen LogP) is 1.79. The Labute approximate surface area is 85.7 Å². The largest absolute Gasteiger partial charge is 0.392 e. The number of thiophene rings is 1. The number of cyclic esters (lactones) is 2. The third kappa shape index (κ3) is 1.18. The third-order valence-electron chi connectivity index (χ3n) is 2.52. The van der Waals surface area contributed by atoms with Gasteiger partial charge in [-0.25, -0.2) is 0 Å². The van der Waals surface area contributed by atoms with Gasteiger partial charge in [-0.3, -0.25) is 9.59 Å². The molecule has 1 aromatic heterocycles. The highest BCUT2D eigenvalue weighted by Gasteiger charge is 2.48. The molecular formula is C10H10O3S. The smallest absolute Gasteiger partial charge is 0.325 e. The third-order valence-corrected chi connectivity index (χ3v) is 3.80. The minimum absolute atomic E-state index is 0.160. The van der Waals surface area contributed by atoms with Crippen molar-refractivity contribution in [2.24, 2.45) is 0 Å². The van der Waals surface area contributed by atoms with Crippen molar-refractivity contribution in [1.82, 2.24) is 0 Å². The van der Waals surface area contributed by atoms with E-state index in [2.05, 4.69) is 4.74 Å². The predicted molar refractivity (Wildman–Crippen MR) is 52.1 cm³/mol. The number of ether oxygens (including phenoxy) is 1. The Morgan fingerprint density at radius 1 is 1.50 bits per heavy atom. The van der Waals surface area contributed by atoms with Crippen LogP contribution in [0.25, 0.3) is 0 Å². The Morgan fingerprint density at radius 3 is 2.64 bits per heavy atom. The Morgan fingerprint density at radius 2 is 2.21 bits per heavy atom. The molecule has 0 bridgehead atoms. The van der Waals surface area contributed by atoms with Gasteiger partial charge in [0.2, 0.25) is 0 Å². The minimum atomic E-state index is -0.755. The lowest BCUT2D eigenvalue weighted by atomic mass is 9.85. The Hall–Kier alpha value is -1.16. The van der Waals surface area contributed by atoms with Gasteiger partial charge in [0.1, 0.15) is 5.41 Å². The molecule has 14 heavy (non-hydrogen) atoms. The molecule has 2 heterocycles. The number of rotatable bonds is 1. The van der Waals surface area contributed by atoms with Gasteiger partial charge in [-0.05, 0) is 30.9 Å². The van der Waals surface area contributed by atoms with E-state index in [1.807, 2.05) is 18.4 Å². The number of carbonyl (C=O) groups is 2. The zero-order valence-corrected chi connectivity index (χ0v) is 8.81. The van der Waals surface area contributed by atoms with Crippen molar-refractivity contribution in [2.45, 2.75) is 25.7 Å². The minimum Gasteiger partial charge on any atom is -0.392 e. The van der Waals surface area contributed by atoms with E-state index in [0.29, 0.717) is 0 Å². The summed E-state index contributed by atoms with van der Waals surface area (Å²) in [6.07, 6.45) is 0.160. The van der Waals surface area contributed by atoms with Crippen molar-refractivity contribution >= 4 is 23.3 Å². The first-order valence-electron chi connectivity index (χ1n) is 4.34. The van der Waals surface area contributed by atoms with Gasteiger partial charge in [-0.1, -0.05) is 0 Å². The molecule has 1 aromatic rings. The highest BCUT2D eigenvalue weighted by Crippen LogP contribution is 2.39. The van der Waals surface area contributed by atoms with Gasteiger partial charge < -0.3 is 4.74 Å². The summed E-state index contributed by atoms with van der Waals surface area (Å²) in [4.78, 5) is 23.5. The summed E-state index contributed by atoms with van der Waals surface area (Å²) in [7, 11) is 0. The second kappa shape index (κ2) is 2.92. The molecule has 0 saturated carbocycles. The van der Waals surface area contributed by atoms with Crippen LogP contribution in [-0.4, -0.2) is 11.9 Å². The van der Waals surface area contributed by atoms with Crippen LogP contribution in [0.3, 0.4) is 0 Å². The average molecular weight is 210 g/mol. The maximum absolute atomic E-state index is 11.5. The van der Waals surface area contributed by atoms with Crippen molar-refractivity contribution in [2.75, 3.05) is 0 Å². The van der Waals surface area contributed by atoms with E-state index >= 15 is 0 Å². The van der Waals surface area contributed by atoms with Crippen molar-refractivity contribution in [3.8, 4) is 0 Å². The van der Waals surface area contributed by atoms with Gasteiger partial charge in [0.25, 0.3) is 0 Å². The summed E-state index contributed by atoms with van der Waals surface area (Å²) in [6.45, 7) is 3.70.